The van der Waals surface area contributed by atoms with Gasteiger partial charge in [0.05, 0.1) is 13.2 Å². The second kappa shape index (κ2) is 8.66. The summed E-state index contributed by atoms with van der Waals surface area (Å²) in [4.78, 5) is 26.1. The largest absolute Gasteiger partial charge is 0.494 e. The van der Waals surface area contributed by atoms with Crippen LogP contribution in [-0.4, -0.2) is 33.7 Å². The number of imidazole rings is 1. The minimum absolute atomic E-state index is 0. The van der Waals surface area contributed by atoms with Gasteiger partial charge in [-0.3, -0.25) is 4.57 Å². The van der Waals surface area contributed by atoms with Gasteiger partial charge in [-0.2, -0.15) is 0 Å². The Hall–Kier alpha value is -2.90. The molecule has 1 aromatic carbocycles. The highest BCUT2D eigenvalue weighted by Crippen LogP contribution is 2.24. The number of benzene rings is 1. The van der Waals surface area contributed by atoms with Crippen molar-refractivity contribution in [2.75, 3.05) is 13.2 Å². The predicted molar refractivity (Wildman–Crippen MR) is 88.0 cm³/mol. The summed E-state index contributed by atoms with van der Waals surface area (Å²) >= 11 is 0. The van der Waals surface area contributed by atoms with E-state index in [9.17, 15) is 14.9 Å². The minimum Gasteiger partial charge on any atom is -0.494 e. The smallest absolute Gasteiger partial charge is 0.381 e. The van der Waals surface area contributed by atoms with E-state index in [2.05, 4.69) is 4.98 Å². The average Bonchev–Trinajstić information content (AvgIpc) is 3.00. The normalized spacial score (nSPS) is 11.2. The van der Waals surface area contributed by atoms with Crippen LogP contribution in [0.3, 0.4) is 0 Å². The monoisotopic (exact) mass is 335 g/mol. The summed E-state index contributed by atoms with van der Waals surface area (Å²) in [6.07, 6.45) is 2.45. The van der Waals surface area contributed by atoms with Gasteiger partial charge in [0.2, 0.25) is 6.33 Å². The number of nitro groups is 1. The van der Waals surface area contributed by atoms with Gasteiger partial charge in [0.1, 0.15) is 11.9 Å². The fourth-order valence-corrected chi connectivity index (χ4v) is 2.13. The fraction of sp³-hybridized carbons (Fsp3) is 0.375. The summed E-state index contributed by atoms with van der Waals surface area (Å²) in [6, 6.07) is 6.07. The minimum atomic E-state index is -0.841. The van der Waals surface area contributed by atoms with Gasteiger partial charge in [0, 0.05) is 0 Å². The van der Waals surface area contributed by atoms with Gasteiger partial charge in [0.25, 0.3) is 0 Å². The number of ether oxygens (including phenoxy) is 2. The first-order valence-electron chi connectivity index (χ1n) is 7.14. The zero-order valence-corrected chi connectivity index (χ0v) is 12.8. The third kappa shape index (κ3) is 4.31. The molecule has 2 aromatic rings. The summed E-state index contributed by atoms with van der Waals surface area (Å²) in [5.74, 6) is -0.162. The molecule has 0 saturated carbocycles. The zero-order valence-electron chi connectivity index (χ0n) is 12.8. The van der Waals surface area contributed by atoms with E-state index < -0.39 is 16.9 Å². The standard InChI is InChI=1S/C15H17N3O5.CH4/c1-3-22-12-7-5-11(6-8-12)14(15(19)23-4-2)17-9-13(16-10-17)18(20)21;/h5-10,14H,3-4H2,1-2H3;1H4. The Morgan fingerprint density at radius 2 is 1.96 bits per heavy atom. The van der Waals surface area contributed by atoms with Crippen LogP contribution in [-0.2, 0) is 9.53 Å². The summed E-state index contributed by atoms with van der Waals surface area (Å²) in [5.41, 5.74) is 0.624. The van der Waals surface area contributed by atoms with Crippen molar-refractivity contribution in [1.29, 1.82) is 0 Å². The number of carbonyl (C=O) groups is 1. The molecule has 0 aliphatic rings. The van der Waals surface area contributed by atoms with Gasteiger partial charge in [0.15, 0.2) is 6.04 Å². The highest BCUT2D eigenvalue weighted by molar-refractivity contribution is 5.78. The Morgan fingerprint density at radius 1 is 1.29 bits per heavy atom. The third-order valence-electron chi connectivity index (χ3n) is 3.09. The third-order valence-corrected chi connectivity index (χ3v) is 3.09. The van der Waals surface area contributed by atoms with Crippen molar-refractivity contribution >= 4 is 11.8 Å². The molecular formula is C16H21N3O5. The van der Waals surface area contributed by atoms with Crippen molar-refractivity contribution in [2.45, 2.75) is 27.3 Å². The molecule has 0 radical (unpaired) electrons. The molecule has 0 aliphatic heterocycles. The molecule has 8 heteroatoms. The van der Waals surface area contributed by atoms with Crippen molar-refractivity contribution in [2.24, 2.45) is 0 Å². The van der Waals surface area contributed by atoms with Crippen molar-refractivity contribution in [1.82, 2.24) is 9.55 Å². The molecule has 2 rings (SSSR count). The second-order valence-electron chi connectivity index (χ2n) is 4.59. The van der Waals surface area contributed by atoms with Crippen LogP contribution in [0.5, 0.6) is 5.75 Å². The van der Waals surface area contributed by atoms with Gasteiger partial charge in [-0.05, 0) is 41.5 Å². The molecule has 0 aliphatic carbocycles. The van der Waals surface area contributed by atoms with Gasteiger partial charge in [-0.15, -0.1) is 0 Å². The van der Waals surface area contributed by atoms with Gasteiger partial charge in [-0.25, -0.2) is 4.79 Å². The molecule has 0 bridgehead atoms. The van der Waals surface area contributed by atoms with Crippen LogP contribution in [0.4, 0.5) is 5.82 Å². The molecule has 1 unspecified atom stereocenters. The van der Waals surface area contributed by atoms with E-state index in [1.54, 1.807) is 31.2 Å². The van der Waals surface area contributed by atoms with E-state index >= 15 is 0 Å². The molecule has 1 aromatic heterocycles. The van der Waals surface area contributed by atoms with Crippen molar-refractivity contribution in [3.8, 4) is 5.75 Å². The molecule has 0 spiro atoms. The molecule has 8 nitrogen and oxygen atoms in total. The van der Waals surface area contributed by atoms with Gasteiger partial charge in [-0.1, -0.05) is 19.6 Å². The van der Waals surface area contributed by atoms with E-state index in [0.717, 1.165) is 0 Å². The number of hydrogen-bond donors (Lipinski definition) is 0. The second-order valence-corrected chi connectivity index (χ2v) is 4.59. The van der Waals surface area contributed by atoms with Crippen LogP contribution in [0.1, 0.15) is 32.9 Å². The molecule has 1 atom stereocenters. The molecule has 0 amide bonds. The lowest BCUT2D eigenvalue weighted by atomic mass is 10.1. The predicted octanol–water partition coefficient (Wildman–Crippen LogP) is 2.98. The maximum absolute atomic E-state index is 12.3. The lowest BCUT2D eigenvalue weighted by Gasteiger charge is -2.16. The van der Waals surface area contributed by atoms with E-state index in [1.807, 2.05) is 6.92 Å². The molecular weight excluding hydrogens is 314 g/mol. The number of hydrogen-bond acceptors (Lipinski definition) is 6. The summed E-state index contributed by atoms with van der Waals surface area (Å²) in [5, 5.41) is 10.8. The molecule has 0 saturated heterocycles. The topological polar surface area (TPSA) is 96.5 Å². The first kappa shape index (κ1) is 19.1. The van der Waals surface area contributed by atoms with Crippen LogP contribution in [0.2, 0.25) is 0 Å². The quantitative estimate of drug-likeness (QED) is 0.438. The van der Waals surface area contributed by atoms with Crippen LogP contribution >= 0.6 is 0 Å². The Kier molecular flexibility index (Phi) is 6.91. The maximum atomic E-state index is 12.3. The van der Waals surface area contributed by atoms with Crippen LogP contribution < -0.4 is 4.74 Å². The Bertz CT molecular complexity index is 681. The SMILES string of the molecule is C.CCOC(=O)C(c1ccc(OCC)cc1)n1cnc([N+](=O)[O-])c1. The van der Waals surface area contributed by atoms with Gasteiger partial charge < -0.3 is 19.6 Å². The number of esters is 1. The first-order chi connectivity index (χ1) is 11.1. The highest BCUT2D eigenvalue weighted by Gasteiger charge is 2.26. The van der Waals surface area contributed by atoms with Crippen molar-refractivity contribution in [3.05, 3.63) is 52.5 Å². The van der Waals surface area contributed by atoms with E-state index in [1.165, 1.54) is 17.1 Å². The number of nitrogens with zero attached hydrogens (tertiary/aromatic N) is 3. The molecule has 1 heterocycles. The van der Waals surface area contributed by atoms with E-state index in [4.69, 9.17) is 9.47 Å². The number of aromatic nitrogens is 2. The molecule has 0 N–H and O–H groups in total. The molecule has 0 fully saturated rings. The number of carbonyl (C=O) groups excluding carboxylic acids is 1. The van der Waals surface area contributed by atoms with Crippen molar-refractivity contribution in [3.63, 3.8) is 0 Å². The Labute approximate surface area is 140 Å². The zero-order chi connectivity index (χ0) is 16.8. The lowest BCUT2D eigenvalue weighted by Crippen LogP contribution is -2.22. The fourth-order valence-electron chi connectivity index (χ4n) is 2.13. The Balaban J connectivity index is 0.00000288. The Morgan fingerprint density at radius 3 is 2.46 bits per heavy atom. The van der Waals surface area contributed by atoms with Crippen LogP contribution in [0.25, 0.3) is 0 Å². The first-order valence-corrected chi connectivity index (χ1v) is 7.14. The number of rotatable bonds is 7. The van der Waals surface area contributed by atoms with Gasteiger partial charge >= 0.3 is 11.8 Å². The summed E-state index contributed by atoms with van der Waals surface area (Å²) < 4.78 is 11.8. The highest BCUT2D eigenvalue weighted by atomic mass is 16.6. The van der Waals surface area contributed by atoms with Crippen molar-refractivity contribution < 1.29 is 19.2 Å². The molecule has 130 valence electrons. The summed E-state index contributed by atoms with van der Waals surface area (Å²) in [7, 11) is 0. The maximum Gasteiger partial charge on any atom is 0.381 e. The van der Waals surface area contributed by atoms with Crippen LogP contribution in [0.15, 0.2) is 36.8 Å². The van der Waals surface area contributed by atoms with Crippen LogP contribution in [0, 0.1) is 10.1 Å². The van der Waals surface area contributed by atoms with E-state index in [-0.39, 0.29) is 19.9 Å². The summed E-state index contributed by atoms with van der Waals surface area (Å²) in [6.45, 7) is 4.32. The molecule has 24 heavy (non-hydrogen) atoms. The van der Waals surface area contributed by atoms with E-state index in [0.29, 0.717) is 17.9 Å². The average molecular weight is 335 g/mol. The lowest BCUT2D eigenvalue weighted by molar-refractivity contribution is -0.389.